The normalized spacial score (nSPS) is 17.8. The van der Waals surface area contributed by atoms with Crippen LogP contribution < -0.4 is 10.2 Å². The molecule has 2 heterocycles. The SMILES string of the molecule is CC1CCCN(c2cc(Nc3cccc(C#N)c3)ncn2)C1. The molecule has 1 aliphatic rings. The molecule has 1 aromatic heterocycles. The zero-order valence-electron chi connectivity index (χ0n) is 12.7. The van der Waals surface area contributed by atoms with Crippen LogP contribution in [0.15, 0.2) is 36.7 Å². The predicted octanol–water partition coefficient (Wildman–Crippen LogP) is 3.33. The summed E-state index contributed by atoms with van der Waals surface area (Å²) < 4.78 is 0. The summed E-state index contributed by atoms with van der Waals surface area (Å²) in [5, 5.41) is 12.2. The molecular formula is C17H19N5. The molecule has 0 radical (unpaired) electrons. The number of anilines is 3. The Morgan fingerprint density at radius 2 is 2.23 bits per heavy atom. The number of benzene rings is 1. The van der Waals surface area contributed by atoms with Gasteiger partial charge >= 0.3 is 0 Å². The van der Waals surface area contributed by atoms with Crippen molar-refractivity contribution < 1.29 is 0 Å². The molecule has 1 aromatic carbocycles. The zero-order chi connectivity index (χ0) is 15.4. The molecule has 5 heteroatoms. The summed E-state index contributed by atoms with van der Waals surface area (Å²) in [6, 6.07) is 11.5. The number of nitrogens with zero attached hydrogens (tertiary/aromatic N) is 4. The molecule has 112 valence electrons. The van der Waals surface area contributed by atoms with Gasteiger partial charge in [-0.1, -0.05) is 13.0 Å². The van der Waals surface area contributed by atoms with Crippen LogP contribution >= 0.6 is 0 Å². The number of hydrogen-bond acceptors (Lipinski definition) is 5. The summed E-state index contributed by atoms with van der Waals surface area (Å²) in [6.45, 7) is 4.37. The van der Waals surface area contributed by atoms with E-state index in [9.17, 15) is 0 Å². The number of hydrogen-bond donors (Lipinski definition) is 1. The summed E-state index contributed by atoms with van der Waals surface area (Å²) in [7, 11) is 0. The Kier molecular flexibility index (Phi) is 4.19. The van der Waals surface area contributed by atoms with Crippen LogP contribution in [0.1, 0.15) is 25.3 Å². The van der Waals surface area contributed by atoms with Crippen LogP contribution in [0.25, 0.3) is 0 Å². The van der Waals surface area contributed by atoms with Crippen LogP contribution in [0.2, 0.25) is 0 Å². The maximum atomic E-state index is 8.96. The minimum Gasteiger partial charge on any atom is -0.356 e. The lowest BCUT2D eigenvalue weighted by Gasteiger charge is -2.31. The van der Waals surface area contributed by atoms with Crippen LogP contribution in [0.3, 0.4) is 0 Å². The Morgan fingerprint density at radius 1 is 1.32 bits per heavy atom. The van der Waals surface area contributed by atoms with Crippen LogP contribution in [0.4, 0.5) is 17.3 Å². The van der Waals surface area contributed by atoms with Gasteiger partial charge in [0.1, 0.15) is 18.0 Å². The maximum absolute atomic E-state index is 8.96. The fourth-order valence-corrected chi connectivity index (χ4v) is 2.80. The van der Waals surface area contributed by atoms with Crippen LogP contribution in [0, 0.1) is 17.2 Å². The molecular weight excluding hydrogens is 274 g/mol. The van der Waals surface area contributed by atoms with Gasteiger partial charge in [-0.25, -0.2) is 9.97 Å². The smallest absolute Gasteiger partial charge is 0.135 e. The largest absolute Gasteiger partial charge is 0.356 e. The van der Waals surface area contributed by atoms with Gasteiger partial charge < -0.3 is 10.2 Å². The number of aromatic nitrogens is 2. The van der Waals surface area contributed by atoms with Crippen molar-refractivity contribution in [1.82, 2.24) is 9.97 Å². The molecule has 0 spiro atoms. The van der Waals surface area contributed by atoms with Gasteiger partial charge in [-0.3, -0.25) is 0 Å². The number of nitriles is 1. The zero-order valence-corrected chi connectivity index (χ0v) is 12.7. The van der Waals surface area contributed by atoms with Crippen molar-refractivity contribution in [1.29, 1.82) is 5.26 Å². The highest BCUT2D eigenvalue weighted by Gasteiger charge is 2.17. The average Bonchev–Trinajstić information content (AvgIpc) is 2.55. The second-order valence-electron chi connectivity index (χ2n) is 5.77. The first-order chi connectivity index (χ1) is 10.7. The number of piperidine rings is 1. The molecule has 1 N–H and O–H groups in total. The van der Waals surface area contributed by atoms with Crippen molar-refractivity contribution in [3.05, 3.63) is 42.2 Å². The van der Waals surface area contributed by atoms with E-state index in [-0.39, 0.29) is 0 Å². The van der Waals surface area contributed by atoms with Crippen LogP contribution in [-0.2, 0) is 0 Å². The molecule has 1 atom stereocenters. The average molecular weight is 293 g/mol. The first kappa shape index (κ1) is 14.3. The molecule has 5 nitrogen and oxygen atoms in total. The summed E-state index contributed by atoms with van der Waals surface area (Å²) >= 11 is 0. The highest BCUT2D eigenvalue weighted by molar-refractivity contribution is 5.61. The maximum Gasteiger partial charge on any atom is 0.135 e. The molecule has 22 heavy (non-hydrogen) atoms. The van der Waals surface area contributed by atoms with E-state index in [0.717, 1.165) is 30.4 Å². The molecule has 0 saturated carbocycles. The quantitative estimate of drug-likeness (QED) is 0.940. The lowest BCUT2D eigenvalue weighted by Crippen LogP contribution is -2.34. The van der Waals surface area contributed by atoms with Crippen LogP contribution in [-0.4, -0.2) is 23.1 Å². The summed E-state index contributed by atoms with van der Waals surface area (Å²) in [5.74, 6) is 2.41. The van der Waals surface area contributed by atoms with Gasteiger partial charge in [-0.05, 0) is 37.0 Å². The Bertz CT molecular complexity index is 691. The Hall–Kier alpha value is -2.61. The van der Waals surface area contributed by atoms with Gasteiger partial charge in [0.15, 0.2) is 0 Å². The minimum atomic E-state index is 0.629. The van der Waals surface area contributed by atoms with E-state index in [2.05, 4.69) is 33.2 Å². The van der Waals surface area contributed by atoms with Crippen molar-refractivity contribution in [3.63, 3.8) is 0 Å². The van der Waals surface area contributed by atoms with Crippen molar-refractivity contribution in [3.8, 4) is 6.07 Å². The van der Waals surface area contributed by atoms with Crippen molar-refractivity contribution >= 4 is 17.3 Å². The summed E-state index contributed by atoms with van der Waals surface area (Å²) in [6.07, 6.45) is 4.08. The molecule has 0 aliphatic carbocycles. The van der Waals surface area contributed by atoms with Crippen molar-refractivity contribution in [2.75, 3.05) is 23.3 Å². The molecule has 3 rings (SSSR count). The van der Waals surface area contributed by atoms with Gasteiger partial charge in [0.25, 0.3) is 0 Å². The van der Waals surface area contributed by atoms with E-state index in [1.165, 1.54) is 12.8 Å². The van der Waals surface area contributed by atoms with Gasteiger partial charge in [0.05, 0.1) is 11.6 Å². The molecule has 2 aromatic rings. The molecule has 1 fully saturated rings. The lowest BCUT2D eigenvalue weighted by molar-refractivity contribution is 0.444. The Morgan fingerprint density at radius 3 is 3.05 bits per heavy atom. The van der Waals surface area contributed by atoms with E-state index in [1.807, 2.05) is 24.3 Å². The standard InChI is InChI=1S/C17H19N5/c1-13-4-3-7-22(11-13)17-9-16(19-12-20-17)21-15-6-2-5-14(8-15)10-18/h2,5-6,8-9,12-13H,3-4,7,11H2,1H3,(H,19,20,21). The van der Waals surface area contributed by atoms with E-state index in [4.69, 9.17) is 5.26 Å². The first-order valence-corrected chi connectivity index (χ1v) is 7.59. The van der Waals surface area contributed by atoms with Crippen molar-refractivity contribution in [2.24, 2.45) is 5.92 Å². The fraction of sp³-hybridized carbons (Fsp3) is 0.353. The molecule has 0 bridgehead atoms. The van der Waals surface area contributed by atoms with E-state index >= 15 is 0 Å². The highest BCUT2D eigenvalue weighted by Crippen LogP contribution is 2.23. The Balaban J connectivity index is 1.77. The monoisotopic (exact) mass is 293 g/mol. The third-order valence-electron chi connectivity index (χ3n) is 3.90. The van der Waals surface area contributed by atoms with Crippen LogP contribution in [0.5, 0.6) is 0 Å². The summed E-state index contributed by atoms with van der Waals surface area (Å²) in [4.78, 5) is 11.0. The van der Waals surface area contributed by atoms with E-state index in [0.29, 0.717) is 11.5 Å². The third-order valence-corrected chi connectivity index (χ3v) is 3.90. The lowest BCUT2D eigenvalue weighted by atomic mass is 10.0. The Labute approximate surface area is 130 Å². The topological polar surface area (TPSA) is 64.8 Å². The number of rotatable bonds is 3. The molecule has 0 amide bonds. The van der Waals surface area contributed by atoms with Gasteiger partial charge in [-0.2, -0.15) is 5.26 Å². The fourth-order valence-electron chi connectivity index (χ4n) is 2.80. The first-order valence-electron chi connectivity index (χ1n) is 7.59. The predicted molar refractivity (Wildman–Crippen MR) is 87.1 cm³/mol. The third kappa shape index (κ3) is 3.34. The van der Waals surface area contributed by atoms with Gasteiger partial charge in [0, 0.05) is 24.8 Å². The second-order valence-corrected chi connectivity index (χ2v) is 5.77. The van der Waals surface area contributed by atoms with Crippen molar-refractivity contribution in [2.45, 2.75) is 19.8 Å². The van der Waals surface area contributed by atoms with E-state index in [1.54, 1.807) is 12.4 Å². The van der Waals surface area contributed by atoms with Gasteiger partial charge in [-0.15, -0.1) is 0 Å². The molecule has 1 unspecified atom stereocenters. The highest BCUT2D eigenvalue weighted by atomic mass is 15.2. The second kappa shape index (κ2) is 6.44. The van der Waals surface area contributed by atoms with E-state index < -0.39 is 0 Å². The molecule has 1 aliphatic heterocycles. The molecule has 1 saturated heterocycles. The minimum absolute atomic E-state index is 0.629. The van der Waals surface area contributed by atoms with Gasteiger partial charge in [0.2, 0.25) is 0 Å². The summed E-state index contributed by atoms with van der Waals surface area (Å²) in [5.41, 5.74) is 1.49. The number of nitrogens with one attached hydrogen (secondary N) is 1.